The molecule has 3 aliphatic rings. The number of nitrogens with zero attached hydrogens (tertiary/aromatic N) is 7. The van der Waals surface area contributed by atoms with Crippen molar-refractivity contribution in [2.45, 2.75) is 37.9 Å². The van der Waals surface area contributed by atoms with Gasteiger partial charge in [-0.2, -0.15) is 15.2 Å². The largest absolute Gasteiger partial charge is 0.462 e. The second kappa shape index (κ2) is 12.2. The first-order chi connectivity index (χ1) is 20.8. The maximum atomic E-state index is 13.8. The Labute approximate surface area is 255 Å². The number of carbonyl (C=O) groups is 1. The van der Waals surface area contributed by atoms with Gasteiger partial charge in [0.2, 0.25) is 0 Å². The molecule has 2 fully saturated rings. The molecule has 0 bridgehead atoms. The lowest BCUT2D eigenvalue weighted by atomic mass is 10.0. The number of likely N-dealkylation sites (N-methyl/N-ethyl adjacent to an activating group) is 1. The molecule has 2 atom stereocenters. The first-order valence-corrected chi connectivity index (χ1v) is 14.8. The van der Waals surface area contributed by atoms with E-state index in [1.807, 2.05) is 53.6 Å². The number of fused-ring (bicyclic) bond motifs is 2. The van der Waals surface area contributed by atoms with Gasteiger partial charge in [0.15, 0.2) is 5.83 Å². The number of anilines is 2. The second-order valence-electron chi connectivity index (χ2n) is 11.2. The molecule has 2 saturated heterocycles. The Morgan fingerprint density at radius 2 is 2.00 bits per heavy atom. The number of hydrogen-bond donors (Lipinski definition) is 0. The Morgan fingerprint density at radius 1 is 1.19 bits per heavy atom. The van der Waals surface area contributed by atoms with Crippen molar-refractivity contribution >= 4 is 45.9 Å². The fourth-order valence-electron chi connectivity index (χ4n) is 6.25. The zero-order valence-corrected chi connectivity index (χ0v) is 24.8. The van der Waals surface area contributed by atoms with Crippen LogP contribution in [0.3, 0.4) is 0 Å². The summed E-state index contributed by atoms with van der Waals surface area (Å²) in [6.45, 7) is 6.11. The van der Waals surface area contributed by atoms with Crippen molar-refractivity contribution in [1.82, 2.24) is 19.8 Å². The lowest BCUT2D eigenvalue weighted by Gasteiger charge is -2.41. The molecule has 0 aliphatic carbocycles. The minimum absolute atomic E-state index is 0.0611. The van der Waals surface area contributed by atoms with Gasteiger partial charge in [0.25, 0.3) is 5.91 Å². The van der Waals surface area contributed by atoms with Gasteiger partial charge in [-0.15, -0.1) is 0 Å². The van der Waals surface area contributed by atoms with Crippen LogP contribution in [0.5, 0.6) is 6.01 Å². The molecular formula is C32H33ClFN7O2. The van der Waals surface area contributed by atoms with E-state index in [-0.39, 0.29) is 19.0 Å². The third kappa shape index (κ3) is 5.75. The number of piperazine rings is 1. The minimum Gasteiger partial charge on any atom is -0.462 e. The molecule has 1 aromatic heterocycles. The van der Waals surface area contributed by atoms with Crippen LogP contribution in [0.4, 0.5) is 15.9 Å². The van der Waals surface area contributed by atoms with Crippen molar-refractivity contribution in [3.8, 4) is 12.1 Å². The van der Waals surface area contributed by atoms with Crippen LogP contribution in [0.2, 0.25) is 5.02 Å². The molecule has 3 aromatic rings. The summed E-state index contributed by atoms with van der Waals surface area (Å²) >= 11 is 6.65. The van der Waals surface area contributed by atoms with E-state index in [4.69, 9.17) is 26.3 Å². The van der Waals surface area contributed by atoms with Crippen LogP contribution >= 0.6 is 11.6 Å². The molecule has 0 radical (unpaired) electrons. The normalized spacial score (nSPS) is 20.3. The number of nitriles is 1. The fraction of sp³-hybridized carbons (Fsp3) is 0.375. The lowest BCUT2D eigenvalue weighted by molar-refractivity contribution is -0.131. The highest BCUT2D eigenvalue weighted by Gasteiger charge is 2.34. The SMILES string of the molecule is C=C(F)C(=O)N1CCN(c2nc(OC[C@@H]3CCCN3C)nc3c2C=CN(c2cccc4cccc(Cl)c24)C3)C[C@@H]1CC#N. The van der Waals surface area contributed by atoms with E-state index in [1.54, 1.807) is 0 Å². The van der Waals surface area contributed by atoms with Gasteiger partial charge in [0.1, 0.15) is 12.4 Å². The summed E-state index contributed by atoms with van der Waals surface area (Å²) in [4.78, 5) is 30.1. The summed E-state index contributed by atoms with van der Waals surface area (Å²) < 4.78 is 20.0. The van der Waals surface area contributed by atoms with Crippen LogP contribution in [-0.2, 0) is 11.3 Å². The Kier molecular flexibility index (Phi) is 8.19. The van der Waals surface area contributed by atoms with Gasteiger partial charge >= 0.3 is 6.01 Å². The van der Waals surface area contributed by atoms with E-state index in [0.29, 0.717) is 43.1 Å². The second-order valence-corrected chi connectivity index (χ2v) is 11.6. The summed E-state index contributed by atoms with van der Waals surface area (Å²) in [6.07, 6.45) is 6.23. The zero-order valence-electron chi connectivity index (χ0n) is 24.0. The number of halogens is 2. The van der Waals surface area contributed by atoms with Crippen molar-refractivity contribution in [3.05, 3.63) is 71.3 Å². The van der Waals surface area contributed by atoms with Gasteiger partial charge in [0, 0.05) is 42.8 Å². The third-order valence-electron chi connectivity index (χ3n) is 8.54. The Balaban J connectivity index is 1.35. The Bertz CT molecular complexity index is 1630. The molecule has 6 rings (SSSR count). The number of hydrogen-bond acceptors (Lipinski definition) is 8. The lowest BCUT2D eigenvalue weighted by Crippen LogP contribution is -2.55. The number of rotatable bonds is 7. The van der Waals surface area contributed by atoms with E-state index < -0.39 is 17.8 Å². The number of likely N-dealkylation sites (tertiary alicyclic amines) is 1. The predicted molar refractivity (Wildman–Crippen MR) is 166 cm³/mol. The molecule has 4 heterocycles. The van der Waals surface area contributed by atoms with Crippen LogP contribution in [0.15, 0.2) is 55.0 Å². The quantitative estimate of drug-likeness (QED) is 0.343. The van der Waals surface area contributed by atoms with E-state index >= 15 is 0 Å². The van der Waals surface area contributed by atoms with Gasteiger partial charge in [-0.3, -0.25) is 4.79 Å². The van der Waals surface area contributed by atoms with Gasteiger partial charge in [0.05, 0.1) is 41.5 Å². The highest BCUT2D eigenvalue weighted by molar-refractivity contribution is 6.36. The smallest absolute Gasteiger partial charge is 0.318 e. The molecule has 9 nitrogen and oxygen atoms in total. The van der Waals surface area contributed by atoms with Crippen LogP contribution in [-0.4, -0.2) is 77.6 Å². The molecule has 0 saturated carbocycles. The summed E-state index contributed by atoms with van der Waals surface area (Å²) in [5.41, 5.74) is 2.60. The van der Waals surface area contributed by atoms with Gasteiger partial charge < -0.3 is 24.3 Å². The number of aromatic nitrogens is 2. The van der Waals surface area contributed by atoms with E-state index in [2.05, 4.69) is 29.5 Å². The average molecular weight is 602 g/mol. The summed E-state index contributed by atoms with van der Waals surface area (Å²) in [5.74, 6) is -1.14. The number of amides is 1. The van der Waals surface area contributed by atoms with Crippen molar-refractivity contribution in [1.29, 1.82) is 5.26 Å². The fourth-order valence-corrected chi connectivity index (χ4v) is 6.53. The summed E-state index contributed by atoms with van der Waals surface area (Å²) in [5, 5.41) is 12.2. The van der Waals surface area contributed by atoms with Crippen molar-refractivity contribution in [3.63, 3.8) is 0 Å². The zero-order chi connectivity index (χ0) is 30.1. The third-order valence-corrected chi connectivity index (χ3v) is 8.86. The molecule has 11 heteroatoms. The summed E-state index contributed by atoms with van der Waals surface area (Å²) in [7, 11) is 2.10. The molecule has 0 spiro atoms. The maximum Gasteiger partial charge on any atom is 0.318 e. The van der Waals surface area contributed by atoms with Crippen LogP contribution in [0.25, 0.3) is 16.8 Å². The minimum atomic E-state index is -1.03. The van der Waals surface area contributed by atoms with Crippen LogP contribution in [0.1, 0.15) is 30.5 Å². The molecule has 222 valence electrons. The topological polar surface area (TPSA) is 88.8 Å². The standard InChI is InChI=1S/C32H33ClFN7O2/c1-21(34)31(42)41-17-16-40(18-23(41)11-13-35)30-25-12-15-39(28-10-4-7-22-6-3-9-26(33)29(22)28)19-27(25)36-32(37-30)43-20-24-8-5-14-38(24)2/h3-4,6-7,9-10,12,15,23-24H,1,5,8,11,14,16-20H2,2H3/t23-,24-/m0/s1. The van der Waals surface area contributed by atoms with Crippen molar-refractivity contribution < 1.29 is 13.9 Å². The Hall–Kier alpha value is -4.20. The van der Waals surface area contributed by atoms with Crippen molar-refractivity contribution in [2.24, 2.45) is 0 Å². The van der Waals surface area contributed by atoms with E-state index in [9.17, 15) is 14.4 Å². The maximum absolute atomic E-state index is 13.8. The molecule has 0 N–H and O–H groups in total. The first-order valence-electron chi connectivity index (χ1n) is 14.5. The van der Waals surface area contributed by atoms with E-state index in [1.165, 1.54) is 4.90 Å². The number of ether oxygens (including phenoxy) is 1. The van der Waals surface area contributed by atoms with Crippen LogP contribution < -0.4 is 14.5 Å². The Morgan fingerprint density at radius 3 is 2.74 bits per heavy atom. The van der Waals surface area contributed by atoms with E-state index in [0.717, 1.165) is 47.1 Å². The average Bonchev–Trinajstić information content (AvgIpc) is 3.43. The predicted octanol–water partition coefficient (Wildman–Crippen LogP) is 5.16. The molecule has 0 unspecified atom stereocenters. The van der Waals surface area contributed by atoms with Gasteiger partial charge in [-0.25, -0.2) is 4.39 Å². The highest BCUT2D eigenvalue weighted by atomic mass is 35.5. The number of benzene rings is 2. The monoisotopic (exact) mass is 601 g/mol. The van der Waals surface area contributed by atoms with Crippen LogP contribution in [0, 0.1) is 11.3 Å². The molecular weight excluding hydrogens is 569 g/mol. The molecule has 2 aromatic carbocycles. The van der Waals surface area contributed by atoms with Gasteiger partial charge in [-0.1, -0.05) is 42.4 Å². The molecule has 3 aliphatic heterocycles. The molecule has 1 amide bonds. The first kappa shape index (κ1) is 28.9. The van der Waals surface area contributed by atoms with Gasteiger partial charge in [-0.05, 0) is 50.0 Å². The summed E-state index contributed by atoms with van der Waals surface area (Å²) in [6, 6.07) is 14.2. The highest BCUT2D eigenvalue weighted by Crippen LogP contribution is 2.37. The van der Waals surface area contributed by atoms with Crippen molar-refractivity contribution in [2.75, 3.05) is 49.6 Å². The number of carbonyl (C=O) groups excluding carboxylic acids is 1. The molecule has 43 heavy (non-hydrogen) atoms.